The Morgan fingerprint density at radius 1 is 1.36 bits per heavy atom. The van der Waals surface area contributed by atoms with Crippen LogP contribution in [0.5, 0.6) is 5.75 Å². The van der Waals surface area contributed by atoms with Crippen molar-refractivity contribution in [2.24, 2.45) is 0 Å². The van der Waals surface area contributed by atoms with Crippen molar-refractivity contribution in [1.82, 2.24) is 4.90 Å². The van der Waals surface area contributed by atoms with E-state index in [1.165, 1.54) is 0 Å². The number of hydrogen-bond donors (Lipinski definition) is 1. The van der Waals surface area contributed by atoms with Gasteiger partial charge in [0.2, 0.25) is 5.91 Å². The fraction of sp³-hybridized carbons (Fsp3) is 0.500. The average Bonchev–Trinajstić information content (AvgIpc) is 2.94. The number of anilines is 2. The van der Waals surface area contributed by atoms with Crippen LogP contribution in [0.1, 0.15) is 26.7 Å². The Morgan fingerprint density at radius 3 is 2.64 bits per heavy atom. The van der Waals surface area contributed by atoms with Crippen molar-refractivity contribution in [1.29, 1.82) is 0 Å². The lowest BCUT2D eigenvalue weighted by Crippen LogP contribution is -2.34. The smallest absolute Gasteiger partial charge is 0.321 e. The van der Waals surface area contributed by atoms with Gasteiger partial charge in [-0.05, 0) is 32.4 Å². The van der Waals surface area contributed by atoms with Gasteiger partial charge < -0.3 is 19.9 Å². The van der Waals surface area contributed by atoms with Crippen molar-refractivity contribution < 1.29 is 14.3 Å². The molecule has 0 radical (unpaired) electrons. The van der Waals surface area contributed by atoms with Crippen molar-refractivity contribution >= 4 is 23.3 Å². The summed E-state index contributed by atoms with van der Waals surface area (Å²) >= 11 is 0. The summed E-state index contributed by atoms with van der Waals surface area (Å²) in [4.78, 5) is 27.4. The Morgan fingerprint density at radius 2 is 2.09 bits per heavy atom. The van der Waals surface area contributed by atoms with Crippen LogP contribution in [-0.2, 0) is 4.79 Å². The normalized spacial score (nSPS) is 14.1. The number of nitrogens with one attached hydrogen (secondary N) is 1. The van der Waals surface area contributed by atoms with Crippen LogP contribution >= 0.6 is 0 Å². The van der Waals surface area contributed by atoms with E-state index < -0.39 is 0 Å². The molecule has 120 valence electrons. The first-order valence-corrected chi connectivity index (χ1v) is 7.65. The van der Waals surface area contributed by atoms with E-state index in [1.54, 1.807) is 29.0 Å². The standard InChI is InChI=1S/C16H23N3O3/c1-4-18(5-2)16(21)17-12-8-9-13(14(11-12)22-3)19-10-6-7-15(19)20/h8-9,11H,4-7,10H2,1-3H3,(H,17,21). The van der Waals surface area contributed by atoms with E-state index in [0.717, 1.165) is 12.1 Å². The van der Waals surface area contributed by atoms with Crippen molar-refractivity contribution in [2.45, 2.75) is 26.7 Å². The van der Waals surface area contributed by atoms with Crippen LogP contribution in [-0.4, -0.2) is 43.6 Å². The quantitative estimate of drug-likeness (QED) is 0.910. The van der Waals surface area contributed by atoms with Gasteiger partial charge in [-0.25, -0.2) is 4.79 Å². The number of hydrogen-bond acceptors (Lipinski definition) is 3. The lowest BCUT2D eigenvalue weighted by molar-refractivity contribution is -0.117. The molecule has 1 aromatic carbocycles. The van der Waals surface area contributed by atoms with Crippen LogP contribution in [0.3, 0.4) is 0 Å². The average molecular weight is 305 g/mol. The van der Waals surface area contributed by atoms with Crippen LogP contribution in [0, 0.1) is 0 Å². The van der Waals surface area contributed by atoms with E-state index >= 15 is 0 Å². The molecule has 1 saturated heterocycles. The monoisotopic (exact) mass is 305 g/mol. The predicted molar refractivity (Wildman–Crippen MR) is 86.5 cm³/mol. The lowest BCUT2D eigenvalue weighted by Gasteiger charge is -2.21. The van der Waals surface area contributed by atoms with Crippen LogP contribution in [0.2, 0.25) is 0 Å². The zero-order valence-electron chi connectivity index (χ0n) is 13.4. The number of rotatable bonds is 5. The minimum Gasteiger partial charge on any atom is -0.494 e. The van der Waals surface area contributed by atoms with E-state index in [4.69, 9.17) is 4.74 Å². The summed E-state index contributed by atoms with van der Waals surface area (Å²) in [6, 6.07) is 5.23. The molecule has 1 aliphatic heterocycles. The maximum absolute atomic E-state index is 12.1. The molecule has 2 rings (SSSR count). The first-order chi connectivity index (χ1) is 10.6. The van der Waals surface area contributed by atoms with Gasteiger partial charge in [0.1, 0.15) is 5.75 Å². The van der Waals surface area contributed by atoms with Gasteiger partial charge in [-0.15, -0.1) is 0 Å². The van der Waals surface area contributed by atoms with E-state index in [1.807, 2.05) is 19.9 Å². The second kappa shape index (κ2) is 7.15. The van der Waals surface area contributed by atoms with E-state index in [-0.39, 0.29) is 11.9 Å². The zero-order chi connectivity index (χ0) is 16.1. The third kappa shape index (κ3) is 3.32. The summed E-state index contributed by atoms with van der Waals surface area (Å²) in [5.41, 5.74) is 1.41. The van der Waals surface area contributed by atoms with Crippen molar-refractivity contribution in [2.75, 3.05) is 37.0 Å². The number of benzene rings is 1. The van der Waals surface area contributed by atoms with Gasteiger partial charge >= 0.3 is 6.03 Å². The Bertz CT molecular complexity index is 556. The summed E-state index contributed by atoms with van der Waals surface area (Å²) in [5, 5.41) is 2.85. The van der Waals surface area contributed by atoms with Gasteiger partial charge in [-0.1, -0.05) is 0 Å². The highest BCUT2D eigenvalue weighted by Gasteiger charge is 2.24. The van der Waals surface area contributed by atoms with Crippen molar-refractivity contribution in [3.63, 3.8) is 0 Å². The van der Waals surface area contributed by atoms with Crippen LogP contribution in [0.4, 0.5) is 16.2 Å². The molecule has 1 aromatic rings. The van der Waals surface area contributed by atoms with Crippen LogP contribution in [0.15, 0.2) is 18.2 Å². The molecule has 0 aliphatic carbocycles. The van der Waals surface area contributed by atoms with Gasteiger partial charge in [-0.2, -0.15) is 0 Å². The summed E-state index contributed by atoms with van der Waals surface area (Å²) in [6.45, 7) is 5.89. The highest BCUT2D eigenvalue weighted by Crippen LogP contribution is 2.33. The number of urea groups is 1. The highest BCUT2D eigenvalue weighted by atomic mass is 16.5. The van der Waals surface area contributed by atoms with E-state index in [0.29, 0.717) is 37.5 Å². The van der Waals surface area contributed by atoms with Crippen molar-refractivity contribution in [3.05, 3.63) is 18.2 Å². The molecule has 3 amide bonds. The van der Waals surface area contributed by atoms with Gasteiger partial charge in [0, 0.05) is 37.8 Å². The molecule has 0 spiro atoms. The Hall–Kier alpha value is -2.24. The Labute approximate surface area is 131 Å². The van der Waals surface area contributed by atoms with Gasteiger partial charge in [0.05, 0.1) is 12.8 Å². The SMILES string of the molecule is CCN(CC)C(=O)Nc1ccc(N2CCCC2=O)c(OC)c1. The number of methoxy groups -OCH3 is 1. The number of ether oxygens (including phenoxy) is 1. The van der Waals surface area contributed by atoms with E-state index in [2.05, 4.69) is 5.32 Å². The first-order valence-electron chi connectivity index (χ1n) is 7.65. The molecule has 6 heteroatoms. The largest absolute Gasteiger partial charge is 0.494 e. The second-order valence-electron chi connectivity index (χ2n) is 5.14. The topological polar surface area (TPSA) is 61.9 Å². The molecule has 1 N–H and O–H groups in total. The molecule has 1 heterocycles. The van der Waals surface area contributed by atoms with Crippen LogP contribution in [0.25, 0.3) is 0 Å². The zero-order valence-corrected chi connectivity index (χ0v) is 13.4. The second-order valence-corrected chi connectivity index (χ2v) is 5.14. The van der Waals surface area contributed by atoms with Gasteiger partial charge in [-0.3, -0.25) is 4.79 Å². The predicted octanol–water partition coefficient (Wildman–Crippen LogP) is 2.70. The molecular formula is C16H23N3O3. The number of nitrogens with zero attached hydrogens (tertiary/aromatic N) is 2. The molecule has 1 fully saturated rings. The maximum atomic E-state index is 12.1. The minimum absolute atomic E-state index is 0.109. The molecule has 22 heavy (non-hydrogen) atoms. The summed E-state index contributed by atoms with van der Waals surface area (Å²) < 4.78 is 5.38. The van der Waals surface area contributed by atoms with Gasteiger partial charge in [0.25, 0.3) is 0 Å². The number of carbonyl (C=O) groups excluding carboxylic acids is 2. The molecule has 0 saturated carbocycles. The van der Waals surface area contributed by atoms with Gasteiger partial charge in [0.15, 0.2) is 0 Å². The van der Waals surface area contributed by atoms with E-state index in [9.17, 15) is 9.59 Å². The Kier molecular flexibility index (Phi) is 5.25. The highest BCUT2D eigenvalue weighted by molar-refractivity contribution is 5.97. The molecule has 6 nitrogen and oxygen atoms in total. The molecule has 0 atom stereocenters. The third-order valence-corrected chi connectivity index (χ3v) is 3.85. The summed E-state index contributed by atoms with van der Waals surface area (Å²) in [5.74, 6) is 0.700. The minimum atomic E-state index is -0.142. The first kappa shape index (κ1) is 16.1. The van der Waals surface area contributed by atoms with Crippen molar-refractivity contribution in [3.8, 4) is 5.75 Å². The number of carbonyl (C=O) groups is 2. The maximum Gasteiger partial charge on any atom is 0.321 e. The molecule has 0 aromatic heterocycles. The fourth-order valence-electron chi connectivity index (χ4n) is 2.59. The van der Waals surface area contributed by atoms with Crippen LogP contribution < -0.4 is 15.0 Å². The molecule has 0 bridgehead atoms. The Balaban J connectivity index is 2.18. The molecule has 0 unspecified atom stereocenters. The lowest BCUT2D eigenvalue weighted by atomic mass is 10.2. The number of amides is 3. The fourth-order valence-corrected chi connectivity index (χ4v) is 2.59. The molecular weight excluding hydrogens is 282 g/mol. The molecule has 1 aliphatic rings. The summed E-state index contributed by atoms with van der Waals surface area (Å²) in [7, 11) is 1.56. The summed E-state index contributed by atoms with van der Waals surface area (Å²) in [6.07, 6.45) is 1.44. The third-order valence-electron chi connectivity index (χ3n) is 3.85.